The topological polar surface area (TPSA) is 51.7 Å². The number of pyridine rings is 1. The second-order valence-corrected chi connectivity index (χ2v) is 12.6. The van der Waals surface area contributed by atoms with Crippen LogP contribution in [0.15, 0.2) is 85.2 Å². The van der Waals surface area contributed by atoms with Gasteiger partial charge < -0.3 is 9.16 Å². The predicted molar refractivity (Wildman–Crippen MR) is 144 cm³/mol. The van der Waals surface area contributed by atoms with Crippen molar-refractivity contribution in [3.63, 3.8) is 0 Å². The van der Waals surface area contributed by atoms with E-state index in [-0.39, 0.29) is 39.1 Å². The van der Waals surface area contributed by atoms with Gasteiger partial charge in [-0.05, 0) is 61.4 Å². The summed E-state index contributed by atoms with van der Waals surface area (Å²) in [5, 5.41) is -0.200. The Hall–Kier alpha value is -2.96. The van der Waals surface area contributed by atoms with Gasteiger partial charge in [-0.15, -0.1) is 0 Å². The molecule has 4 rings (SSSR count). The van der Waals surface area contributed by atoms with Gasteiger partial charge in [0.25, 0.3) is 0 Å². The zero-order chi connectivity index (χ0) is 25.8. The molecule has 2 heterocycles. The van der Waals surface area contributed by atoms with Crippen LogP contribution in [-0.2, 0) is 9.16 Å². The highest BCUT2D eigenvalue weighted by atomic mass is 28.2. The lowest BCUT2D eigenvalue weighted by molar-refractivity contribution is -0.0170. The minimum absolute atomic E-state index is 0.120. The van der Waals surface area contributed by atoms with Gasteiger partial charge in [0.2, 0.25) is 9.76 Å². The molecular formula is C30H36N2O3Si. The molecule has 2 radical (unpaired) electrons. The van der Waals surface area contributed by atoms with E-state index in [2.05, 4.69) is 67.4 Å². The van der Waals surface area contributed by atoms with Crippen LogP contribution in [0.1, 0.15) is 76.1 Å². The van der Waals surface area contributed by atoms with Crippen molar-refractivity contribution in [2.24, 2.45) is 0 Å². The Morgan fingerprint density at radius 2 is 1.53 bits per heavy atom. The summed E-state index contributed by atoms with van der Waals surface area (Å²) in [4.78, 5) is 19.4. The normalized spacial score (nSPS) is 18.4. The maximum Gasteiger partial charge on any atom is 0.412 e. The molecule has 0 spiro atoms. The van der Waals surface area contributed by atoms with Crippen molar-refractivity contribution in [2.75, 3.05) is 0 Å². The molecule has 3 aromatic rings. The lowest BCUT2D eigenvalue weighted by atomic mass is 9.82. The van der Waals surface area contributed by atoms with Crippen molar-refractivity contribution >= 4 is 15.9 Å². The molecule has 1 fully saturated rings. The molecular weight excluding hydrogens is 464 g/mol. The molecule has 1 aliphatic heterocycles. The van der Waals surface area contributed by atoms with Gasteiger partial charge in [-0.3, -0.25) is 9.88 Å². The van der Waals surface area contributed by atoms with Crippen LogP contribution in [0.3, 0.4) is 0 Å². The van der Waals surface area contributed by atoms with Crippen molar-refractivity contribution < 1.29 is 14.0 Å². The monoisotopic (exact) mass is 500 g/mol. The van der Waals surface area contributed by atoms with Crippen LogP contribution in [0.2, 0.25) is 5.04 Å². The van der Waals surface area contributed by atoms with Crippen molar-refractivity contribution in [3.8, 4) is 0 Å². The van der Waals surface area contributed by atoms with Gasteiger partial charge >= 0.3 is 6.09 Å². The fraction of sp³-hybridized carbons (Fsp3) is 0.400. The summed E-state index contributed by atoms with van der Waals surface area (Å²) in [5.74, 6) is 0.156. The van der Waals surface area contributed by atoms with E-state index < -0.39 is 5.60 Å². The molecule has 0 N–H and O–H groups in total. The third-order valence-corrected chi connectivity index (χ3v) is 7.66. The summed E-state index contributed by atoms with van der Waals surface area (Å²) < 4.78 is 12.4. The van der Waals surface area contributed by atoms with Crippen molar-refractivity contribution in [1.82, 2.24) is 9.88 Å². The number of aromatic nitrogens is 1. The van der Waals surface area contributed by atoms with E-state index in [0.29, 0.717) is 0 Å². The Labute approximate surface area is 217 Å². The van der Waals surface area contributed by atoms with Gasteiger partial charge in [0.1, 0.15) is 11.8 Å². The van der Waals surface area contributed by atoms with Crippen LogP contribution in [0.25, 0.3) is 0 Å². The minimum atomic E-state index is -0.586. The first kappa shape index (κ1) is 26.1. The summed E-state index contributed by atoms with van der Waals surface area (Å²) >= 11 is 0. The Morgan fingerprint density at radius 1 is 0.917 bits per heavy atom. The van der Waals surface area contributed by atoms with Crippen molar-refractivity contribution in [2.45, 2.75) is 76.3 Å². The molecule has 2 atom stereocenters. The fourth-order valence-electron chi connectivity index (χ4n) is 4.95. The van der Waals surface area contributed by atoms with Crippen LogP contribution in [0.5, 0.6) is 0 Å². The highest BCUT2D eigenvalue weighted by Crippen LogP contribution is 2.47. The van der Waals surface area contributed by atoms with Crippen LogP contribution in [-0.4, -0.2) is 37.6 Å². The van der Waals surface area contributed by atoms with Crippen LogP contribution >= 0.6 is 0 Å². The summed E-state index contributed by atoms with van der Waals surface area (Å²) in [6.45, 7) is 10.2. The number of nitrogens with zero attached hydrogens (tertiary/aromatic N) is 2. The average Bonchev–Trinajstić information content (AvgIpc) is 3.28. The van der Waals surface area contributed by atoms with Crippen molar-refractivity contribution in [1.29, 1.82) is 0 Å². The molecule has 188 valence electrons. The van der Waals surface area contributed by atoms with Gasteiger partial charge in [-0.1, -0.05) is 80.6 Å². The molecule has 5 nitrogen and oxygen atoms in total. The maximum absolute atomic E-state index is 13.4. The molecule has 2 aromatic carbocycles. The van der Waals surface area contributed by atoms with E-state index >= 15 is 0 Å². The molecule has 0 bridgehead atoms. The van der Waals surface area contributed by atoms with Crippen LogP contribution < -0.4 is 0 Å². The second kappa shape index (κ2) is 11.0. The van der Waals surface area contributed by atoms with Crippen molar-refractivity contribution in [3.05, 3.63) is 102 Å². The van der Waals surface area contributed by atoms with Gasteiger partial charge in [-0.25, -0.2) is 4.79 Å². The highest BCUT2D eigenvalue weighted by molar-refractivity contribution is 6.32. The van der Waals surface area contributed by atoms with E-state index in [4.69, 9.17) is 9.16 Å². The molecule has 36 heavy (non-hydrogen) atoms. The van der Waals surface area contributed by atoms with Crippen LogP contribution in [0.4, 0.5) is 4.79 Å². The highest BCUT2D eigenvalue weighted by Gasteiger charge is 2.43. The molecule has 1 saturated heterocycles. The molecule has 1 aromatic heterocycles. The largest absolute Gasteiger partial charge is 0.444 e. The third-order valence-electron chi connectivity index (χ3n) is 6.45. The fourth-order valence-corrected chi connectivity index (χ4v) is 6.07. The zero-order valence-corrected chi connectivity index (χ0v) is 22.8. The van der Waals surface area contributed by atoms with Crippen LogP contribution in [0, 0.1) is 0 Å². The van der Waals surface area contributed by atoms with E-state index in [9.17, 15) is 4.79 Å². The number of benzene rings is 2. The quantitative estimate of drug-likeness (QED) is 0.323. The van der Waals surface area contributed by atoms with E-state index in [0.717, 1.165) is 18.4 Å². The standard InChI is InChI=1S/C30H36N2O3Si/c1-29(2,3)34-28(33)32-25(24-17-12-20-31-21-24)18-19-26(32)35-36-30(4,5)27(22-13-8-6-9-14-22)23-15-10-7-11-16-23/h6-17,20-21,25-27H,18-19H2,1-5H3. The summed E-state index contributed by atoms with van der Waals surface area (Å²) in [5.41, 5.74) is 2.93. The lowest BCUT2D eigenvalue weighted by Crippen LogP contribution is -2.43. The van der Waals surface area contributed by atoms with E-state index in [1.54, 1.807) is 11.1 Å². The Balaban J connectivity index is 1.58. The number of likely N-dealkylation sites (tertiary alicyclic amines) is 1. The van der Waals surface area contributed by atoms with Gasteiger partial charge in [0, 0.05) is 18.3 Å². The maximum atomic E-state index is 13.4. The number of rotatable bonds is 7. The molecule has 0 aliphatic carbocycles. The molecule has 6 heteroatoms. The SMILES string of the molecule is CC(C)(C)OC(=O)N1C(O[Si]C(C)(C)C(c2ccccc2)c2ccccc2)CCC1c1cccnc1. The van der Waals surface area contributed by atoms with Gasteiger partial charge in [-0.2, -0.15) is 0 Å². The second-order valence-electron chi connectivity index (χ2n) is 10.9. The first-order valence-corrected chi connectivity index (χ1v) is 13.5. The smallest absolute Gasteiger partial charge is 0.412 e. The molecule has 1 aliphatic rings. The Kier molecular flexibility index (Phi) is 7.96. The number of hydrogen-bond donors (Lipinski definition) is 0. The Bertz CT molecular complexity index is 1080. The number of carbonyl (C=O) groups is 1. The molecule has 1 amide bonds. The first-order valence-electron chi connectivity index (χ1n) is 12.6. The summed E-state index contributed by atoms with van der Waals surface area (Å²) in [6.07, 6.45) is 4.45. The number of hydrogen-bond acceptors (Lipinski definition) is 4. The molecule has 2 unspecified atom stereocenters. The first-order chi connectivity index (χ1) is 17.2. The summed E-state index contributed by atoms with van der Waals surface area (Å²) in [7, 11) is 0.173. The number of carbonyl (C=O) groups excluding carboxylic acids is 1. The predicted octanol–water partition coefficient (Wildman–Crippen LogP) is 7.15. The number of ether oxygens (including phenoxy) is 1. The zero-order valence-electron chi connectivity index (χ0n) is 21.8. The van der Waals surface area contributed by atoms with Gasteiger partial charge in [0.05, 0.1) is 6.04 Å². The van der Waals surface area contributed by atoms with Gasteiger partial charge in [0.15, 0.2) is 0 Å². The minimum Gasteiger partial charge on any atom is -0.444 e. The summed E-state index contributed by atoms with van der Waals surface area (Å²) in [6, 6.07) is 25.0. The average molecular weight is 501 g/mol. The van der Waals surface area contributed by atoms with E-state index in [1.807, 2.05) is 51.2 Å². The van der Waals surface area contributed by atoms with E-state index in [1.165, 1.54) is 11.1 Å². The number of amides is 1. The third kappa shape index (κ3) is 6.23. The Morgan fingerprint density at radius 3 is 2.06 bits per heavy atom. The lowest BCUT2D eigenvalue weighted by Gasteiger charge is -2.37. The molecule has 0 saturated carbocycles.